The van der Waals surface area contributed by atoms with E-state index in [1.165, 1.54) is 48.6 Å². The van der Waals surface area contributed by atoms with Crippen LogP contribution in [0, 0.1) is 0 Å². The van der Waals surface area contributed by atoms with E-state index in [1.54, 1.807) is 10.8 Å². The van der Waals surface area contributed by atoms with Gasteiger partial charge < -0.3 is 9.30 Å². The highest BCUT2D eigenvalue weighted by Crippen LogP contribution is 2.40. The summed E-state index contributed by atoms with van der Waals surface area (Å²) in [6.07, 6.45) is 4.18. The Morgan fingerprint density at radius 3 is 2.61 bits per heavy atom. The number of rotatable bonds is 4. The molecule has 0 N–H and O–H groups in total. The lowest BCUT2D eigenvalue weighted by Crippen LogP contribution is -2.29. The third-order valence-corrected chi connectivity index (χ3v) is 6.92. The third-order valence-electron chi connectivity index (χ3n) is 6.92. The number of halogens is 1. The van der Waals surface area contributed by atoms with Gasteiger partial charge in [0.1, 0.15) is 23.8 Å². The average Bonchev–Trinajstić information content (AvgIpc) is 2.97. The molecule has 0 aliphatic carbocycles. The first-order valence-electron chi connectivity index (χ1n) is 11.3. The van der Waals surface area contributed by atoms with Crippen molar-refractivity contribution in [3.05, 3.63) is 88.0 Å². The molecular formula is C26H27ClN4O2. The lowest BCUT2D eigenvalue weighted by molar-refractivity contribution is 0.220. The summed E-state index contributed by atoms with van der Waals surface area (Å²) in [5.41, 5.74) is 4.72. The summed E-state index contributed by atoms with van der Waals surface area (Å²) in [6, 6.07) is 17.4. The maximum absolute atomic E-state index is 12.8. The van der Waals surface area contributed by atoms with Gasteiger partial charge in [0.15, 0.2) is 0 Å². The molecule has 3 aliphatic rings. The van der Waals surface area contributed by atoms with Crippen LogP contribution in [-0.4, -0.2) is 32.1 Å². The minimum Gasteiger partial charge on any atom is -0.489 e. The number of aryl methyl sites for hydroxylation is 1. The number of benzene rings is 1. The van der Waals surface area contributed by atoms with E-state index in [9.17, 15) is 4.79 Å². The van der Waals surface area contributed by atoms with Crippen LogP contribution in [0.3, 0.4) is 0 Å². The van der Waals surface area contributed by atoms with Gasteiger partial charge in [-0.2, -0.15) is 0 Å². The second kappa shape index (κ2) is 8.69. The van der Waals surface area contributed by atoms with Gasteiger partial charge in [-0.15, -0.1) is 12.4 Å². The van der Waals surface area contributed by atoms with E-state index >= 15 is 0 Å². The summed E-state index contributed by atoms with van der Waals surface area (Å²) < 4.78 is 9.65. The number of nitrogens with zero attached hydrogens (tertiary/aromatic N) is 4. The quantitative estimate of drug-likeness (QED) is 0.450. The molecular weight excluding hydrogens is 436 g/mol. The fraction of sp³-hybridized carbons (Fsp3) is 0.308. The Morgan fingerprint density at radius 2 is 1.85 bits per heavy atom. The number of hydrogen-bond donors (Lipinski definition) is 0. The number of hydrogen-bond acceptors (Lipinski definition) is 4. The lowest BCUT2D eigenvalue weighted by atomic mass is 9.94. The van der Waals surface area contributed by atoms with Crippen LogP contribution in [0.2, 0.25) is 0 Å². The Hall–Kier alpha value is -3.09. The summed E-state index contributed by atoms with van der Waals surface area (Å²) in [5, 5.41) is 1.21. The van der Waals surface area contributed by atoms with Crippen LogP contribution in [0.5, 0.6) is 5.75 Å². The molecule has 3 aromatic heterocycles. The van der Waals surface area contributed by atoms with Crippen molar-refractivity contribution in [2.45, 2.75) is 31.9 Å². The normalized spacial score (nSPS) is 19.1. The predicted octanol–water partition coefficient (Wildman–Crippen LogP) is 4.42. The molecule has 6 heterocycles. The first-order chi connectivity index (χ1) is 15.7. The molecule has 6 nitrogen and oxygen atoms in total. The van der Waals surface area contributed by atoms with Crippen molar-refractivity contribution in [3.63, 3.8) is 0 Å². The summed E-state index contributed by atoms with van der Waals surface area (Å²) in [7, 11) is 2.12. The molecule has 7 rings (SSSR count). The second-order valence-corrected chi connectivity index (χ2v) is 8.86. The summed E-state index contributed by atoms with van der Waals surface area (Å²) in [4.78, 5) is 20.3. The summed E-state index contributed by atoms with van der Waals surface area (Å²) in [5.74, 6) is 1.81. The molecule has 1 saturated heterocycles. The largest absolute Gasteiger partial charge is 0.489 e. The minimum atomic E-state index is -0.150. The zero-order valence-electron chi connectivity index (χ0n) is 18.6. The maximum atomic E-state index is 12.8. The number of pyridine rings is 2. The lowest BCUT2D eigenvalue weighted by Gasteiger charge is -2.27. The van der Waals surface area contributed by atoms with E-state index in [0.29, 0.717) is 24.1 Å². The molecule has 0 amide bonds. The number of ether oxygens (including phenoxy) is 1. The zero-order chi connectivity index (χ0) is 21.7. The topological polar surface area (TPSA) is 52.3 Å². The van der Waals surface area contributed by atoms with Gasteiger partial charge in [-0.3, -0.25) is 14.3 Å². The number of aromatic nitrogens is 3. The second-order valence-electron chi connectivity index (χ2n) is 8.86. The molecule has 0 unspecified atom stereocenters. The predicted molar refractivity (Wildman–Crippen MR) is 132 cm³/mol. The highest BCUT2D eigenvalue weighted by molar-refractivity contribution is 5.85. The van der Waals surface area contributed by atoms with Crippen molar-refractivity contribution in [3.8, 4) is 11.6 Å². The zero-order valence-corrected chi connectivity index (χ0v) is 19.4. The molecule has 4 aromatic rings. The molecule has 2 bridgehead atoms. The Morgan fingerprint density at radius 1 is 1.06 bits per heavy atom. The van der Waals surface area contributed by atoms with Gasteiger partial charge in [-0.05, 0) is 55.3 Å². The summed E-state index contributed by atoms with van der Waals surface area (Å²) >= 11 is 0. The van der Waals surface area contributed by atoms with Crippen LogP contribution >= 0.6 is 12.4 Å². The number of piperidine rings is 1. The average molecular weight is 463 g/mol. The van der Waals surface area contributed by atoms with E-state index in [-0.39, 0.29) is 18.0 Å². The smallest absolute Gasteiger partial charge is 0.259 e. The Kier molecular flexibility index (Phi) is 5.72. The van der Waals surface area contributed by atoms with Gasteiger partial charge in [0.05, 0.1) is 0 Å². The molecule has 170 valence electrons. The van der Waals surface area contributed by atoms with Crippen molar-refractivity contribution in [1.82, 2.24) is 19.0 Å². The van der Waals surface area contributed by atoms with Crippen LogP contribution in [0.25, 0.3) is 16.9 Å². The number of fused-ring (bicyclic) bond motifs is 3. The Labute approximate surface area is 198 Å². The molecule has 7 heteroatoms. The van der Waals surface area contributed by atoms with Crippen molar-refractivity contribution in [1.29, 1.82) is 0 Å². The fourth-order valence-electron chi connectivity index (χ4n) is 5.27. The highest BCUT2D eigenvalue weighted by Gasteiger charge is 2.32. The van der Waals surface area contributed by atoms with Crippen LogP contribution < -0.4 is 10.3 Å². The van der Waals surface area contributed by atoms with Gasteiger partial charge >= 0.3 is 0 Å². The molecule has 3 aliphatic heterocycles. The first kappa shape index (κ1) is 21.7. The molecule has 33 heavy (non-hydrogen) atoms. The summed E-state index contributed by atoms with van der Waals surface area (Å²) in [6.45, 7) is 3.79. The molecule has 0 saturated carbocycles. The van der Waals surface area contributed by atoms with Crippen molar-refractivity contribution in [2.24, 2.45) is 7.05 Å². The van der Waals surface area contributed by atoms with E-state index < -0.39 is 0 Å². The van der Waals surface area contributed by atoms with E-state index in [4.69, 9.17) is 9.72 Å². The SMILES string of the molecule is Cl.Cn1c2c(c3ccc(-n4ccc(OCc5ccccc5)cc4=O)nc31)CN1CCC2CC1. The highest BCUT2D eigenvalue weighted by atomic mass is 35.5. The van der Waals surface area contributed by atoms with Gasteiger partial charge in [0.25, 0.3) is 5.56 Å². The molecule has 0 spiro atoms. The van der Waals surface area contributed by atoms with Gasteiger partial charge in [0, 0.05) is 42.9 Å². The fourth-order valence-corrected chi connectivity index (χ4v) is 5.27. The van der Waals surface area contributed by atoms with E-state index in [2.05, 4.69) is 22.6 Å². The Balaban J connectivity index is 0.00000228. The molecule has 1 aromatic carbocycles. The molecule has 0 atom stereocenters. The van der Waals surface area contributed by atoms with Crippen molar-refractivity contribution < 1.29 is 4.74 Å². The van der Waals surface area contributed by atoms with Crippen LogP contribution in [0.15, 0.2) is 65.6 Å². The van der Waals surface area contributed by atoms with Crippen LogP contribution in [0.4, 0.5) is 0 Å². The van der Waals surface area contributed by atoms with Gasteiger partial charge in [0.2, 0.25) is 0 Å². The Bertz CT molecular complexity index is 1350. The molecule has 0 radical (unpaired) electrons. The maximum Gasteiger partial charge on any atom is 0.259 e. The van der Waals surface area contributed by atoms with Gasteiger partial charge in [-0.1, -0.05) is 30.3 Å². The minimum absolute atomic E-state index is 0. The van der Waals surface area contributed by atoms with Crippen LogP contribution in [-0.2, 0) is 20.2 Å². The first-order valence-corrected chi connectivity index (χ1v) is 11.3. The van der Waals surface area contributed by atoms with Crippen LogP contribution in [0.1, 0.15) is 35.6 Å². The monoisotopic (exact) mass is 462 g/mol. The van der Waals surface area contributed by atoms with E-state index in [1.807, 2.05) is 42.5 Å². The van der Waals surface area contributed by atoms with Crippen molar-refractivity contribution in [2.75, 3.05) is 13.1 Å². The van der Waals surface area contributed by atoms with Crippen molar-refractivity contribution >= 4 is 23.4 Å². The standard InChI is InChI=1S/C26H26N4O2.ClH/c1-28-25-19-9-12-29(13-10-19)16-22(25)21-7-8-23(27-26(21)28)30-14-11-20(15-24(30)31)32-17-18-5-3-2-4-6-18;/h2-8,11,14-15,19H,9-10,12-13,16-17H2,1H3;1H. The van der Waals surface area contributed by atoms with E-state index in [0.717, 1.165) is 17.8 Å². The third kappa shape index (κ3) is 3.83. The van der Waals surface area contributed by atoms with Gasteiger partial charge in [-0.25, -0.2) is 4.98 Å². The molecule has 1 fully saturated rings.